The molecule has 0 N–H and O–H groups in total. The first kappa shape index (κ1) is 19.4. The van der Waals surface area contributed by atoms with Gasteiger partial charge in [0.1, 0.15) is 5.75 Å². The predicted molar refractivity (Wildman–Crippen MR) is 114 cm³/mol. The summed E-state index contributed by atoms with van der Waals surface area (Å²) in [5.74, 6) is 0.948. The maximum Gasteiger partial charge on any atom is 0.228 e. The van der Waals surface area contributed by atoms with Gasteiger partial charge in [-0.2, -0.15) is 0 Å². The Morgan fingerprint density at radius 2 is 2.03 bits per heavy atom. The van der Waals surface area contributed by atoms with E-state index in [1.165, 1.54) is 11.3 Å². The molecule has 1 aliphatic heterocycles. The van der Waals surface area contributed by atoms with E-state index in [0.717, 1.165) is 28.5 Å². The van der Waals surface area contributed by atoms with Crippen LogP contribution in [0.25, 0.3) is 10.8 Å². The summed E-state index contributed by atoms with van der Waals surface area (Å²) in [4.78, 5) is 32.4. The number of methoxy groups -OCH3 is 1. The summed E-state index contributed by atoms with van der Waals surface area (Å²) >= 11 is 1.43. The van der Waals surface area contributed by atoms with Gasteiger partial charge in [-0.3, -0.25) is 14.5 Å². The van der Waals surface area contributed by atoms with Gasteiger partial charge < -0.3 is 9.64 Å². The molecule has 2 aromatic carbocycles. The number of amides is 2. The summed E-state index contributed by atoms with van der Waals surface area (Å²) in [5, 5.41) is 4.79. The zero-order chi connectivity index (χ0) is 20.4. The minimum absolute atomic E-state index is 0.00410. The second-order valence-corrected chi connectivity index (χ2v) is 8.08. The normalized spacial score (nSPS) is 13.9. The maximum atomic E-state index is 12.7. The van der Waals surface area contributed by atoms with Crippen LogP contribution in [0.15, 0.2) is 41.8 Å². The van der Waals surface area contributed by atoms with Crippen LogP contribution in [-0.4, -0.2) is 42.4 Å². The van der Waals surface area contributed by atoms with Crippen molar-refractivity contribution < 1.29 is 14.3 Å². The van der Waals surface area contributed by atoms with Crippen LogP contribution in [0.4, 0.5) is 5.13 Å². The summed E-state index contributed by atoms with van der Waals surface area (Å²) < 4.78 is 5.27. The van der Waals surface area contributed by atoms with Gasteiger partial charge in [0.2, 0.25) is 11.8 Å². The molecule has 6 nitrogen and oxygen atoms in total. The van der Waals surface area contributed by atoms with Gasteiger partial charge >= 0.3 is 0 Å². The van der Waals surface area contributed by atoms with Crippen molar-refractivity contribution in [1.82, 2.24) is 9.88 Å². The molecule has 1 fully saturated rings. The average molecular weight is 410 g/mol. The van der Waals surface area contributed by atoms with E-state index in [9.17, 15) is 9.59 Å². The van der Waals surface area contributed by atoms with E-state index in [1.54, 1.807) is 24.0 Å². The highest BCUT2D eigenvalue weighted by Gasteiger charge is 2.24. The van der Waals surface area contributed by atoms with Crippen LogP contribution in [0.5, 0.6) is 5.75 Å². The minimum Gasteiger partial charge on any atom is -0.497 e. The second-order valence-electron chi connectivity index (χ2n) is 7.24. The van der Waals surface area contributed by atoms with Crippen LogP contribution >= 0.6 is 11.3 Å². The number of thiazole rings is 1. The molecule has 0 spiro atoms. The van der Waals surface area contributed by atoms with Crippen molar-refractivity contribution in [2.24, 2.45) is 0 Å². The SMILES string of the molecule is COc1ccc2cc(CN(C)C(=O)Cc3csc(N4CCCC4=O)n3)ccc2c1. The van der Waals surface area contributed by atoms with Gasteiger partial charge in [0.05, 0.1) is 19.2 Å². The molecule has 7 heteroatoms. The third-order valence-electron chi connectivity index (χ3n) is 5.13. The first-order valence-electron chi connectivity index (χ1n) is 9.59. The number of hydrogen-bond donors (Lipinski definition) is 0. The summed E-state index contributed by atoms with van der Waals surface area (Å²) in [6.07, 6.45) is 1.68. The Kier molecular flexibility index (Phi) is 5.49. The molecule has 3 aromatic rings. The number of aromatic nitrogens is 1. The van der Waals surface area contributed by atoms with Crippen molar-refractivity contribution in [1.29, 1.82) is 0 Å². The Morgan fingerprint density at radius 3 is 2.79 bits per heavy atom. The number of nitrogens with zero attached hydrogens (tertiary/aromatic N) is 3. The van der Waals surface area contributed by atoms with Crippen molar-refractivity contribution in [2.75, 3.05) is 25.6 Å². The van der Waals surface area contributed by atoms with E-state index in [1.807, 2.05) is 35.7 Å². The fraction of sp³-hybridized carbons (Fsp3) is 0.318. The smallest absolute Gasteiger partial charge is 0.228 e. The average Bonchev–Trinajstić information content (AvgIpc) is 3.36. The number of fused-ring (bicyclic) bond motifs is 1. The number of rotatable bonds is 6. The molecule has 1 saturated heterocycles. The Labute approximate surface area is 173 Å². The molecule has 2 heterocycles. The van der Waals surface area contributed by atoms with E-state index in [2.05, 4.69) is 11.1 Å². The molecule has 0 unspecified atom stereocenters. The Bertz CT molecular complexity index is 1060. The lowest BCUT2D eigenvalue weighted by Crippen LogP contribution is -2.28. The quantitative estimate of drug-likeness (QED) is 0.624. The van der Waals surface area contributed by atoms with Crippen molar-refractivity contribution in [3.63, 3.8) is 0 Å². The van der Waals surface area contributed by atoms with Gasteiger partial charge in [-0.1, -0.05) is 18.2 Å². The van der Waals surface area contributed by atoms with E-state index in [0.29, 0.717) is 30.3 Å². The van der Waals surface area contributed by atoms with Gasteiger partial charge in [-0.05, 0) is 41.0 Å². The van der Waals surface area contributed by atoms with Crippen molar-refractivity contribution in [3.8, 4) is 5.75 Å². The summed E-state index contributed by atoms with van der Waals surface area (Å²) in [7, 11) is 3.46. The van der Waals surface area contributed by atoms with Crippen LogP contribution in [0.3, 0.4) is 0 Å². The topological polar surface area (TPSA) is 62.7 Å². The summed E-state index contributed by atoms with van der Waals surface area (Å²) in [5.41, 5.74) is 1.78. The van der Waals surface area contributed by atoms with Crippen molar-refractivity contribution in [3.05, 3.63) is 53.0 Å². The number of likely N-dealkylation sites (N-methyl/N-ethyl adjacent to an activating group) is 1. The fourth-order valence-electron chi connectivity index (χ4n) is 3.50. The predicted octanol–water partition coefficient (Wildman–Crippen LogP) is 3.63. The third-order valence-corrected chi connectivity index (χ3v) is 6.05. The largest absolute Gasteiger partial charge is 0.497 e. The molecule has 150 valence electrons. The number of carbonyl (C=O) groups is 2. The van der Waals surface area contributed by atoms with Crippen LogP contribution < -0.4 is 9.64 Å². The van der Waals surface area contributed by atoms with Crippen molar-refractivity contribution >= 4 is 39.1 Å². The van der Waals surface area contributed by atoms with Crippen molar-refractivity contribution in [2.45, 2.75) is 25.8 Å². The van der Waals surface area contributed by atoms with E-state index >= 15 is 0 Å². The van der Waals surface area contributed by atoms with E-state index in [4.69, 9.17) is 4.74 Å². The molecule has 0 bridgehead atoms. The van der Waals surface area contributed by atoms with Gasteiger partial charge in [0.15, 0.2) is 5.13 Å². The standard InChI is InChI=1S/C22H23N3O3S/c1-24(13-15-5-6-17-11-19(28-2)8-7-16(17)10-15)21(27)12-18-14-29-22(23-18)25-9-3-4-20(25)26/h5-8,10-11,14H,3-4,9,12-13H2,1-2H3. The van der Waals surface area contributed by atoms with Gasteiger partial charge in [0, 0.05) is 31.9 Å². The number of carbonyl (C=O) groups excluding carboxylic acids is 2. The maximum absolute atomic E-state index is 12.7. The lowest BCUT2D eigenvalue weighted by atomic mass is 10.1. The highest BCUT2D eigenvalue weighted by Crippen LogP contribution is 2.26. The number of benzene rings is 2. The Hall–Kier alpha value is -2.93. The molecule has 1 aliphatic rings. The highest BCUT2D eigenvalue weighted by atomic mass is 32.1. The molecule has 1 aromatic heterocycles. The molecule has 0 saturated carbocycles. The van der Waals surface area contributed by atoms with Gasteiger partial charge in [0.25, 0.3) is 0 Å². The Morgan fingerprint density at radius 1 is 1.24 bits per heavy atom. The van der Waals surface area contributed by atoms with Crippen LogP contribution in [0.1, 0.15) is 24.1 Å². The first-order chi connectivity index (χ1) is 14.0. The lowest BCUT2D eigenvalue weighted by molar-refractivity contribution is -0.129. The summed E-state index contributed by atoms with van der Waals surface area (Å²) in [6.45, 7) is 1.25. The van der Waals surface area contributed by atoms with Gasteiger partial charge in [-0.25, -0.2) is 4.98 Å². The highest BCUT2D eigenvalue weighted by molar-refractivity contribution is 7.14. The number of hydrogen-bond acceptors (Lipinski definition) is 5. The van der Waals surface area contributed by atoms with Crippen LogP contribution in [0, 0.1) is 0 Å². The zero-order valence-corrected chi connectivity index (χ0v) is 17.4. The third kappa shape index (κ3) is 4.24. The lowest BCUT2D eigenvalue weighted by Gasteiger charge is -2.17. The fourth-order valence-corrected chi connectivity index (χ4v) is 4.37. The molecular weight excluding hydrogens is 386 g/mol. The molecule has 0 aliphatic carbocycles. The minimum atomic E-state index is 0.00410. The number of anilines is 1. The first-order valence-corrected chi connectivity index (χ1v) is 10.5. The molecule has 0 radical (unpaired) electrons. The summed E-state index contributed by atoms with van der Waals surface area (Å²) in [6, 6.07) is 12.1. The monoisotopic (exact) mass is 409 g/mol. The Balaban J connectivity index is 1.40. The molecule has 29 heavy (non-hydrogen) atoms. The van der Waals surface area contributed by atoms with Gasteiger partial charge in [-0.15, -0.1) is 11.3 Å². The second kappa shape index (κ2) is 8.21. The number of ether oxygens (including phenoxy) is 1. The zero-order valence-electron chi connectivity index (χ0n) is 16.6. The van der Waals surface area contributed by atoms with Crippen LogP contribution in [0.2, 0.25) is 0 Å². The molecular formula is C22H23N3O3S. The molecule has 0 atom stereocenters. The van der Waals surface area contributed by atoms with E-state index in [-0.39, 0.29) is 18.2 Å². The molecule has 2 amide bonds. The van der Waals surface area contributed by atoms with E-state index < -0.39 is 0 Å². The van der Waals surface area contributed by atoms with Crippen LogP contribution in [-0.2, 0) is 22.6 Å². The molecule has 4 rings (SSSR count).